The molecule has 0 N–H and O–H groups in total. The Balaban J connectivity index is 1.72. The summed E-state index contributed by atoms with van der Waals surface area (Å²) >= 11 is 3.56. The molecule has 1 unspecified atom stereocenters. The van der Waals surface area contributed by atoms with E-state index in [2.05, 4.69) is 19.1 Å². The summed E-state index contributed by atoms with van der Waals surface area (Å²) in [5.74, 6) is 0.814. The van der Waals surface area contributed by atoms with Crippen LogP contribution in [-0.2, 0) is 11.2 Å². The lowest BCUT2D eigenvalue weighted by Crippen LogP contribution is -2.31. The molecule has 1 saturated heterocycles. The van der Waals surface area contributed by atoms with E-state index in [-0.39, 0.29) is 17.1 Å². The van der Waals surface area contributed by atoms with Crippen LogP contribution in [0.4, 0.5) is 4.39 Å². The number of amides is 1. The third-order valence-electron chi connectivity index (χ3n) is 3.48. The van der Waals surface area contributed by atoms with E-state index in [4.69, 9.17) is 0 Å². The van der Waals surface area contributed by atoms with Crippen molar-refractivity contribution in [3.63, 3.8) is 0 Å². The van der Waals surface area contributed by atoms with Crippen LogP contribution in [0.25, 0.3) is 0 Å². The second kappa shape index (κ2) is 6.20. The van der Waals surface area contributed by atoms with Crippen molar-refractivity contribution in [2.45, 2.75) is 18.7 Å². The van der Waals surface area contributed by atoms with E-state index in [9.17, 15) is 9.18 Å². The quantitative estimate of drug-likeness (QED) is 0.851. The molecular formula is C16H16FNOS2. The Bertz CT molecular complexity index is 638. The van der Waals surface area contributed by atoms with Crippen molar-refractivity contribution >= 4 is 29.0 Å². The largest absolute Gasteiger partial charge is 0.325 e. The van der Waals surface area contributed by atoms with Gasteiger partial charge in [-0.3, -0.25) is 4.79 Å². The van der Waals surface area contributed by atoms with Crippen molar-refractivity contribution in [3.05, 3.63) is 57.5 Å². The molecule has 1 aliphatic heterocycles. The highest BCUT2D eigenvalue weighted by Gasteiger charge is 2.31. The minimum Gasteiger partial charge on any atom is -0.325 e. The predicted molar refractivity (Wildman–Crippen MR) is 86.1 cm³/mol. The molecule has 5 heteroatoms. The minimum absolute atomic E-state index is 0.114. The van der Waals surface area contributed by atoms with Gasteiger partial charge in [-0.1, -0.05) is 12.1 Å². The first kappa shape index (κ1) is 14.6. The van der Waals surface area contributed by atoms with E-state index < -0.39 is 0 Å². The van der Waals surface area contributed by atoms with Gasteiger partial charge >= 0.3 is 0 Å². The number of nitrogens with zero attached hydrogens (tertiary/aromatic N) is 1. The predicted octanol–water partition coefficient (Wildman–Crippen LogP) is 4.01. The van der Waals surface area contributed by atoms with Gasteiger partial charge in [0, 0.05) is 22.1 Å². The zero-order chi connectivity index (χ0) is 14.8. The van der Waals surface area contributed by atoms with Crippen molar-refractivity contribution in [1.82, 2.24) is 4.90 Å². The molecule has 1 fully saturated rings. The molecule has 1 aromatic heterocycles. The summed E-state index contributed by atoms with van der Waals surface area (Å²) in [5.41, 5.74) is 0.861. The number of carbonyl (C=O) groups is 1. The monoisotopic (exact) mass is 321 g/mol. The third kappa shape index (κ3) is 3.30. The molecule has 1 aliphatic rings. The Morgan fingerprint density at radius 1 is 1.29 bits per heavy atom. The first-order valence-electron chi connectivity index (χ1n) is 6.85. The average Bonchev–Trinajstić information content (AvgIpc) is 3.09. The van der Waals surface area contributed by atoms with Crippen molar-refractivity contribution in [2.24, 2.45) is 0 Å². The third-order valence-corrected chi connectivity index (χ3v) is 5.93. The van der Waals surface area contributed by atoms with Gasteiger partial charge in [0.2, 0.25) is 5.91 Å². The van der Waals surface area contributed by atoms with Crippen LogP contribution >= 0.6 is 23.1 Å². The summed E-state index contributed by atoms with van der Waals surface area (Å²) in [6, 6.07) is 10.4. The van der Waals surface area contributed by atoms with Crippen LogP contribution in [0.15, 0.2) is 36.4 Å². The fourth-order valence-electron chi connectivity index (χ4n) is 2.43. The Kier molecular flexibility index (Phi) is 4.31. The Morgan fingerprint density at radius 3 is 2.71 bits per heavy atom. The number of thioether (sulfide) groups is 1. The normalized spacial score (nSPS) is 18.2. The number of halogens is 1. The van der Waals surface area contributed by atoms with Gasteiger partial charge in [0.15, 0.2) is 0 Å². The number of hydrogen-bond acceptors (Lipinski definition) is 3. The first-order valence-corrected chi connectivity index (χ1v) is 8.72. The minimum atomic E-state index is -0.269. The van der Waals surface area contributed by atoms with Gasteiger partial charge in [0.1, 0.15) is 11.2 Å². The van der Waals surface area contributed by atoms with Crippen LogP contribution in [0.5, 0.6) is 0 Å². The molecule has 3 rings (SSSR count). The van der Waals surface area contributed by atoms with Crippen molar-refractivity contribution in [1.29, 1.82) is 0 Å². The summed E-state index contributed by atoms with van der Waals surface area (Å²) < 4.78 is 12.9. The molecular weight excluding hydrogens is 305 g/mol. The number of benzene rings is 1. The van der Waals surface area contributed by atoms with Crippen LogP contribution < -0.4 is 0 Å². The van der Waals surface area contributed by atoms with Gasteiger partial charge in [0.25, 0.3) is 0 Å². The maximum atomic E-state index is 12.9. The Hall–Kier alpha value is -1.33. The Labute approximate surface area is 132 Å². The number of aryl methyl sites for hydroxylation is 1. The summed E-state index contributed by atoms with van der Waals surface area (Å²) in [6.45, 7) is 2.87. The molecule has 0 spiro atoms. The van der Waals surface area contributed by atoms with Crippen LogP contribution in [0.1, 0.15) is 20.7 Å². The van der Waals surface area contributed by atoms with Crippen molar-refractivity contribution < 1.29 is 9.18 Å². The smallest absolute Gasteiger partial charge is 0.228 e. The number of hydrogen-bond donors (Lipinski definition) is 0. The maximum absolute atomic E-state index is 12.9. The molecule has 1 amide bonds. The summed E-state index contributed by atoms with van der Waals surface area (Å²) in [4.78, 5) is 17.0. The SMILES string of the molecule is Cc1ccc(C2SCCN2C(=O)Cc2ccc(F)cc2)s1. The molecule has 1 atom stereocenters. The molecule has 0 saturated carbocycles. The average molecular weight is 321 g/mol. The van der Waals surface area contributed by atoms with E-state index in [0.29, 0.717) is 6.42 Å². The topological polar surface area (TPSA) is 20.3 Å². The van der Waals surface area contributed by atoms with E-state index in [1.165, 1.54) is 21.9 Å². The summed E-state index contributed by atoms with van der Waals surface area (Å²) in [5, 5.41) is 0.136. The fraction of sp³-hybridized carbons (Fsp3) is 0.312. The van der Waals surface area contributed by atoms with Gasteiger partial charge in [-0.15, -0.1) is 23.1 Å². The number of thiophene rings is 1. The standard InChI is InChI=1S/C16H16FNOS2/c1-11-2-7-14(21-11)16-18(8-9-20-16)15(19)10-12-3-5-13(17)6-4-12/h2-7,16H,8-10H2,1H3. The van der Waals surface area contributed by atoms with Crippen LogP contribution in [-0.4, -0.2) is 23.1 Å². The van der Waals surface area contributed by atoms with Crippen LogP contribution in [0.2, 0.25) is 0 Å². The summed E-state index contributed by atoms with van der Waals surface area (Å²) in [6.07, 6.45) is 0.335. The number of rotatable bonds is 3. The highest BCUT2D eigenvalue weighted by molar-refractivity contribution is 7.99. The van der Waals surface area contributed by atoms with E-state index in [1.54, 1.807) is 23.5 Å². The summed E-state index contributed by atoms with van der Waals surface area (Å²) in [7, 11) is 0. The second-order valence-corrected chi connectivity index (χ2v) is 7.57. The number of carbonyl (C=O) groups excluding carboxylic acids is 1. The van der Waals surface area contributed by atoms with Crippen molar-refractivity contribution in [3.8, 4) is 0 Å². The second-order valence-electron chi connectivity index (χ2n) is 5.06. The van der Waals surface area contributed by atoms with Crippen molar-refractivity contribution in [2.75, 3.05) is 12.3 Å². The highest BCUT2D eigenvalue weighted by Crippen LogP contribution is 2.41. The molecule has 110 valence electrons. The molecule has 0 bridgehead atoms. The van der Waals surface area contributed by atoms with Gasteiger partial charge in [-0.05, 0) is 36.8 Å². The zero-order valence-corrected chi connectivity index (χ0v) is 13.3. The van der Waals surface area contributed by atoms with Crippen LogP contribution in [0, 0.1) is 12.7 Å². The maximum Gasteiger partial charge on any atom is 0.228 e. The lowest BCUT2D eigenvalue weighted by atomic mass is 10.1. The van der Waals surface area contributed by atoms with Gasteiger partial charge in [0.05, 0.1) is 6.42 Å². The molecule has 2 nitrogen and oxygen atoms in total. The first-order chi connectivity index (χ1) is 10.1. The molecule has 1 aromatic carbocycles. The van der Waals surface area contributed by atoms with Gasteiger partial charge in [-0.25, -0.2) is 4.39 Å². The molecule has 0 aliphatic carbocycles. The lowest BCUT2D eigenvalue weighted by molar-refractivity contribution is -0.130. The van der Waals surface area contributed by atoms with Gasteiger partial charge < -0.3 is 4.90 Å². The molecule has 0 radical (unpaired) electrons. The van der Waals surface area contributed by atoms with E-state index >= 15 is 0 Å². The fourth-order valence-corrected chi connectivity index (χ4v) is 4.82. The van der Waals surface area contributed by atoms with E-state index in [1.807, 2.05) is 16.7 Å². The lowest BCUT2D eigenvalue weighted by Gasteiger charge is -2.23. The molecule has 2 aromatic rings. The zero-order valence-electron chi connectivity index (χ0n) is 11.7. The highest BCUT2D eigenvalue weighted by atomic mass is 32.2. The van der Waals surface area contributed by atoms with E-state index in [0.717, 1.165) is 17.9 Å². The van der Waals surface area contributed by atoms with Crippen LogP contribution in [0.3, 0.4) is 0 Å². The Morgan fingerprint density at radius 2 is 2.05 bits per heavy atom. The molecule has 21 heavy (non-hydrogen) atoms. The molecule has 2 heterocycles. The van der Waals surface area contributed by atoms with Gasteiger partial charge in [-0.2, -0.15) is 0 Å².